The topological polar surface area (TPSA) is 24.5 Å². The Morgan fingerprint density at radius 1 is 1.00 bits per heavy atom. The predicted octanol–water partition coefficient (Wildman–Crippen LogP) is 3.09. The Labute approximate surface area is 127 Å². The van der Waals surface area contributed by atoms with E-state index in [9.17, 15) is 0 Å². The maximum Gasteiger partial charge on any atom is 0.142 e. The molecular formula is C18H24N2O. The third kappa shape index (κ3) is 4.23. The number of benzene rings is 2. The van der Waals surface area contributed by atoms with Crippen LogP contribution in [0.15, 0.2) is 48.5 Å². The molecule has 0 aliphatic carbocycles. The molecule has 0 amide bonds. The van der Waals surface area contributed by atoms with Crippen molar-refractivity contribution in [1.29, 1.82) is 0 Å². The lowest BCUT2D eigenvalue weighted by molar-refractivity contribution is 0.415. The highest BCUT2D eigenvalue weighted by Crippen LogP contribution is 2.27. The summed E-state index contributed by atoms with van der Waals surface area (Å²) in [6, 6.07) is 16.9. The fraction of sp³-hybridized carbons (Fsp3) is 0.333. The minimum atomic E-state index is 0.868. The maximum atomic E-state index is 5.42. The van der Waals surface area contributed by atoms with Crippen LogP contribution in [-0.4, -0.2) is 27.7 Å². The Balaban J connectivity index is 2.03. The van der Waals surface area contributed by atoms with E-state index in [4.69, 9.17) is 4.74 Å². The zero-order valence-electron chi connectivity index (χ0n) is 13.1. The summed E-state index contributed by atoms with van der Waals surface area (Å²) in [6.07, 6.45) is 1.07. The van der Waals surface area contributed by atoms with Gasteiger partial charge in [0.2, 0.25) is 0 Å². The highest BCUT2D eigenvalue weighted by Gasteiger charge is 2.07. The monoisotopic (exact) mass is 284 g/mol. The van der Waals surface area contributed by atoms with Crippen LogP contribution in [0.2, 0.25) is 0 Å². The van der Waals surface area contributed by atoms with Gasteiger partial charge in [-0.1, -0.05) is 36.4 Å². The summed E-state index contributed by atoms with van der Waals surface area (Å²) in [4.78, 5) is 2.21. The highest BCUT2D eigenvalue weighted by molar-refractivity contribution is 5.58. The van der Waals surface area contributed by atoms with E-state index in [2.05, 4.69) is 47.6 Å². The van der Waals surface area contributed by atoms with E-state index < -0.39 is 0 Å². The Hall–Kier alpha value is -2.00. The average molecular weight is 284 g/mol. The molecule has 0 aliphatic heterocycles. The molecule has 3 nitrogen and oxygen atoms in total. The van der Waals surface area contributed by atoms with Crippen LogP contribution in [0, 0.1) is 0 Å². The number of hydrogen-bond acceptors (Lipinski definition) is 3. The van der Waals surface area contributed by atoms with E-state index in [1.807, 2.05) is 25.2 Å². The van der Waals surface area contributed by atoms with Crippen LogP contribution in [0.1, 0.15) is 11.1 Å². The van der Waals surface area contributed by atoms with E-state index in [0.717, 1.165) is 30.9 Å². The number of likely N-dealkylation sites (N-methyl/N-ethyl adjacent to an activating group) is 1. The van der Waals surface area contributed by atoms with Crippen molar-refractivity contribution in [2.24, 2.45) is 0 Å². The van der Waals surface area contributed by atoms with Gasteiger partial charge in [0.25, 0.3) is 0 Å². The van der Waals surface area contributed by atoms with Gasteiger partial charge in [-0.3, -0.25) is 0 Å². The summed E-state index contributed by atoms with van der Waals surface area (Å²) in [5.74, 6) is 0.908. The van der Waals surface area contributed by atoms with E-state index in [-0.39, 0.29) is 0 Å². The third-order valence-corrected chi connectivity index (χ3v) is 3.60. The Bertz CT molecular complexity index is 551. The molecule has 0 saturated heterocycles. The summed E-state index contributed by atoms with van der Waals surface area (Å²) in [6.45, 7) is 1.88. The van der Waals surface area contributed by atoms with Crippen molar-refractivity contribution in [1.82, 2.24) is 5.32 Å². The Morgan fingerprint density at radius 2 is 1.67 bits per heavy atom. The molecule has 0 aromatic heterocycles. The quantitative estimate of drug-likeness (QED) is 0.845. The van der Waals surface area contributed by atoms with Crippen LogP contribution >= 0.6 is 0 Å². The molecule has 0 unspecified atom stereocenters. The number of ether oxygens (including phenoxy) is 1. The molecule has 21 heavy (non-hydrogen) atoms. The minimum absolute atomic E-state index is 0.868. The molecule has 0 fully saturated rings. The zero-order valence-corrected chi connectivity index (χ0v) is 13.1. The second-order valence-electron chi connectivity index (χ2n) is 5.20. The van der Waals surface area contributed by atoms with Crippen molar-refractivity contribution in [3.63, 3.8) is 0 Å². The Morgan fingerprint density at radius 3 is 2.33 bits per heavy atom. The normalized spacial score (nSPS) is 10.4. The summed E-state index contributed by atoms with van der Waals surface area (Å²) < 4.78 is 5.42. The van der Waals surface area contributed by atoms with Gasteiger partial charge in [0, 0.05) is 13.6 Å². The van der Waals surface area contributed by atoms with Gasteiger partial charge in [0.1, 0.15) is 5.75 Å². The van der Waals surface area contributed by atoms with Crippen molar-refractivity contribution in [2.75, 3.05) is 32.6 Å². The van der Waals surface area contributed by atoms with Crippen molar-refractivity contribution < 1.29 is 4.74 Å². The number of nitrogens with one attached hydrogen (secondary N) is 1. The lowest BCUT2D eigenvalue weighted by atomic mass is 10.1. The smallest absolute Gasteiger partial charge is 0.142 e. The Kier molecular flexibility index (Phi) is 5.64. The number of hydrogen-bond donors (Lipinski definition) is 1. The summed E-state index contributed by atoms with van der Waals surface area (Å²) in [5.41, 5.74) is 3.78. The molecule has 0 bridgehead atoms. The van der Waals surface area contributed by atoms with Gasteiger partial charge in [0.05, 0.1) is 12.8 Å². The molecule has 2 aromatic rings. The SMILES string of the molecule is CNCCc1ccc(CN(C)c2ccccc2OC)cc1. The largest absolute Gasteiger partial charge is 0.495 e. The first-order valence-electron chi connectivity index (χ1n) is 7.31. The first-order chi connectivity index (χ1) is 10.2. The van der Waals surface area contributed by atoms with E-state index in [0.29, 0.717) is 0 Å². The van der Waals surface area contributed by atoms with Crippen molar-refractivity contribution in [3.05, 3.63) is 59.7 Å². The van der Waals surface area contributed by atoms with Gasteiger partial charge < -0.3 is 15.0 Å². The predicted molar refractivity (Wildman–Crippen MR) is 89.2 cm³/mol. The fourth-order valence-corrected chi connectivity index (χ4v) is 2.38. The third-order valence-electron chi connectivity index (χ3n) is 3.60. The molecule has 2 aromatic carbocycles. The molecule has 2 rings (SSSR count). The minimum Gasteiger partial charge on any atom is -0.495 e. The second kappa shape index (κ2) is 7.70. The number of nitrogens with zero attached hydrogens (tertiary/aromatic N) is 1. The van der Waals surface area contributed by atoms with Gasteiger partial charge in [-0.2, -0.15) is 0 Å². The van der Waals surface area contributed by atoms with Crippen LogP contribution in [0.4, 0.5) is 5.69 Å². The summed E-state index contributed by atoms with van der Waals surface area (Å²) in [7, 11) is 5.78. The highest BCUT2D eigenvalue weighted by atomic mass is 16.5. The van der Waals surface area contributed by atoms with Crippen molar-refractivity contribution in [3.8, 4) is 5.75 Å². The molecule has 112 valence electrons. The van der Waals surface area contributed by atoms with Crippen LogP contribution < -0.4 is 15.0 Å². The molecule has 0 atom stereocenters. The lowest BCUT2D eigenvalue weighted by Gasteiger charge is -2.21. The molecule has 0 aliphatic rings. The number of anilines is 1. The number of methoxy groups -OCH3 is 1. The van der Waals surface area contributed by atoms with E-state index in [1.54, 1.807) is 7.11 Å². The maximum absolute atomic E-state index is 5.42. The van der Waals surface area contributed by atoms with Crippen LogP contribution in [0.25, 0.3) is 0 Å². The van der Waals surface area contributed by atoms with E-state index in [1.165, 1.54) is 11.1 Å². The molecule has 0 radical (unpaired) electrons. The van der Waals surface area contributed by atoms with Gasteiger partial charge in [-0.15, -0.1) is 0 Å². The van der Waals surface area contributed by atoms with Gasteiger partial charge in [-0.25, -0.2) is 0 Å². The average Bonchev–Trinajstić information content (AvgIpc) is 2.54. The van der Waals surface area contributed by atoms with Crippen molar-refractivity contribution >= 4 is 5.69 Å². The first-order valence-corrected chi connectivity index (χ1v) is 7.31. The number of rotatable bonds is 7. The molecule has 3 heteroatoms. The molecule has 1 N–H and O–H groups in total. The van der Waals surface area contributed by atoms with Crippen LogP contribution in [-0.2, 0) is 13.0 Å². The standard InChI is InChI=1S/C18H24N2O/c1-19-13-12-15-8-10-16(11-9-15)14-20(2)17-6-4-5-7-18(17)21-3/h4-11,19H,12-14H2,1-3H3. The summed E-state index contributed by atoms with van der Waals surface area (Å²) >= 11 is 0. The summed E-state index contributed by atoms with van der Waals surface area (Å²) in [5, 5.41) is 3.18. The van der Waals surface area contributed by atoms with Gasteiger partial charge >= 0.3 is 0 Å². The van der Waals surface area contributed by atoms with Crippen molar-refractivity contribution in [2.45, 2.75) is 13.0 Å². The first kappa shape index (κ1) is 15.4. The van der Waals surface area contributed by atoms with Gasteiger partial charge in [-0.05, 0) is 43.3 Å². The van der Waals surface area contributed by atoms with Crippen LogP contribution in [0.5, 0.6) is 5.75 Å². The molecule has 0 saturated carbocycles. The van der Waals surface area contributed by atoms with Gasteiger partial charge in [0.15, 0.2) is 0 Å². The second-order valence-corrected chi connectivity index (χ2v) is 5.20. The lowest BCUT2D eigenvalue weighted by Crippen LogP contribution is -2.17. The molecular weight excluding hydrogens is 260 g/mol. The zero-order chi connectivity index (χ0) is 15.1. The molecule has 0 spiro atoms. The molecule has 0 heterocycles. The number of para-hydroxylation sites is 2. The van der Waals surface area contributed by atoms with E-state index >= 15 is 0 Å². The fourth-order valence-electron chi connectivity index (χ4n) is 2.38. The van der Waals surface area contributed by atoms with Crippen LogP contribution in [0.3, 0.4) is 0 Å².